The lowest BCUT2D eigenvalue weighted by Crippen LogP contribution is -2.53. The average Bonchev–Trinajstić information content (AvgIpc) is 3.06. The highest BCUT2D eigenvalue weighted by molar-refractivity contribution is 5.91. The highest BCUT2D eigenvalue weighted by atomic mass is 16.3. The number of nitrogens with one attached hydrogen (secondary N) is 1. The predicted octanol–water partition coefficient (Wildman–Crippen LogP) is 1.41. The Morgan fingerprint density at radius 3 is 2.62 bits per heavy atom. The first-order valence-electron chi connectivity index (χ1n) is 7.54. The summed E-state index contributed by atoms with van der Waals surface area (Å²) in [7, 11) is 1.80. The van der Waals surface area contributed by atoms with Crippen LogP contribution in [0.4, 0.5) is 0 Å². The van der Waals surface area contributed by atoms with Gasteiger partial charge in [0.05, 0.1) is 6.26 Å². The molecule has 1 N–H and O–H groups in total. The van der Waals surface area contributed by atoms with Crippen LogP contribution in [-0.4, -0.2) is 61.4 Å². The van der Waals surface area contributed by atoms with Gasteiger partial charge in [0.15, 0.2) is 11.7 Å². The number of amides is 1. The first-order valence-corrected chi connectivity index (χ1v) is 7.54. The molecule has 0 spiro atoms. The number of carbonyl (C=O) groups is 1. The lowest BCUT2D eigenvalue weighted by Gasteiger charge is -2.36. The van der Waals surface area contributed by atoms with Crippen molar-refractivity contribution in [1.82, 2.24) is 15.1 Å². The normalized spacial score (nSPS) is 16.2. The first-order chi connectivity index (χ1) is 10.3. The summed E-state index contributed by atoms with van der Waals surface area (Å²) in [6.07, 6.45) is 3.83. The van der Waals surface area contributed by atoms with E-state index in [0.717, 1.165) is 38.4 Å². The number of nitrogens with zero attached hydrogens (tertiary/aromatic N) is 3. The van der Waals surface area contributed by atoms with Gasteiger partial charge in [-0.1, -0.05) is 13.3 Å². The smallest absolute Gasteiger partial charge is 0.289 e. The van der Waals surface area contributed by atoms with E-state index in [1.807, 2.05) is 4.90 Å². The van der Waals surface area contributed by atoms with Crippen LogP contribution in [0.3, 0.4) is 0 Å². The summed E-state index contributed by atoms with van der Waals surface area (Å²) in [4.78, 5) is 20.5. The Balaban J connectivity index is 1.83. The summed E-state index contributed by atoms with van der Waals surface area (Å²) in [5.41, 5.74) is 0. The molecule has 1 aliphatic heterocycles. The highest BCUT2D eigenvalue weighted by Gasteiger charge is 2.24. The van der Waals surface area contributed by atoms with Gasteiger partial charge >= 0.3 is 0 Å². The number of furan rings is 1. The second-order valence-electron chi connectivity index (χ2n) is 5.08. The predicted molar refractivity (Wildman–Crippen MR) is 82.5 cm³/mol. The Kier molecular flexibility index (Phi) is 5.66. The van der Waals surface area contributed by atoms with Crippen LogP contribution >= 0.6 is 0 Å². The van der Waals surface area contributed by atoms with Crippen LogP contribution in [0.1, 0.15) is 30.3 Å². The molecular formula is C15H24N4O2. The van der Waals surface area contributed by atoms with Crippen molar-refractivity contribution < 1.29 is 9.21 Å². The minimum Gasteiger partial charge on any atom is -0.459 e. The number of piperazine rings is 1. The Morgan fingerprint density at radius 1 is 1.33 bits per heavy atom. The van der Waals surface area contributed by atoms with E-state index in [-0.39, 0.29) is 5.91 Å². The van der Waals surface area contributed by atoms with E-state index < -0.39 is 0 Å². The van der Waals surface area contributed by atoms with Crippen LogP contribution in [-0.2, 0) is 0 Å². The molecule has 1 amide bonds. The van der Waals surface area contributed by atoms with Crippen LogP contribution in [0.5, 0.6) is 0 Å². The largest absolute Gasteiger partial charge is 0.459 e. The molecule has 2 rings (SSSR count). The molecular weight excluding hydrogens is 268 g/mol. The minimum atomic E-state index is -0.0337. The Labute approximate surface area is 125 Å². The van der Waals surface area contributed by atoms with Gasteiger partial charge in [0, 0.05) is 39.8 Å². The zero-order valence-electron chi connectivity index (χ0n) is 12.8. The quantitative estimate of drug-likeness (QED) is 0.518. The van der Waals surface area contributed by atoms with Gasteiger partial charge in [-0.25, -0.2) is 0 Å². The van der Waals surface area contributed by atoms with Crippen LogP contribution in [0.15, 0.2) is 27.8 Å². The van der Waals surface area contributed by atoms with Crippen molar-refractivity contribution in [3.63, 3.8) is 0 Å². The molecule has 2 heterocycles. The Morgan fingerprint density at radius 2 is 2.05 bits per heavy atom. The SMILES string of the molecule is CCCCNC(=NC)N1CCN(C(=O)c2ccco2)CC1. The number of rotatable bonds is 4. The summed E-state index contributed by atoms with van der Waals surface area (Å²) in [6.45, 7) is 6.07. The molecule has 0 aliphatic carbocycles. The maximum Gasteiger partial charge on any atom is 0.289 e. The summed E-state index contributed by atoms with van der Waals surface area (Å²) in [5.74, 6) is 1.30. The number of unbranched alkanes of at least 4 members (excludes halogenated alkanes) is 1. The van der Waals surface area contributed by atoms with Crippen molar-refractivity contribution in [2.45, 2.75) is 19.8 Å². The molecule has 6 nitrogen and oxygen atoms in total. The van der Waals surface area contributed by atoms with Gasteiger partial charge in [-0.05, 0) is 18.6 Å². The lowest BCUT2D eigenvalue weighted by atomic mass is 10.3. The molecule has 6 heteroatoms. The third-order valence-corrected chi connectivity index (χ3v) is 3.62. The molecule has 21 heavy (non-hydrogen) atoms. The first kappa shape index (κ1) is 15.4. The third kappa shape index (κ3) is 4.00. The van der Waals surface area contributed by atoms with Crippen LogP contribution < -0.4 is 5.32 Å². The van der Waals surface area contributed by atoms with Crippen LogP contribution in [0, 0.1) is 0 Å². The maximum absolute atomic E-state index is 12.2. The molecule has 1 aromatic heterocycles. The maximum atomic E-state index is 12.2. The van der Waals surface area contributed by atoms with Crippen molar-refractivity contribution in [3.8, 4) is 0 Å². The zero-order valence-corrected chi connectivity index (χ0v) is 12.8. The van der Waals surface area contributed by atoms with E-state index >= 15 is 0 Å². The number of carbonyl (C=O) groups excluding carboxylic acids is 1. The number of aliphatic imine (C=N–C) groups is 1. The van der Waals surface area contributed by atoms with Gasteiger partial charge in [0.2, 0.25) is 0 Å². The number of hydrogen-bond acceptors (Lipinski definition) is 3. The van der Waals surface area contributed by atoms with Crippen molar-refractivity contribution in [2.75, 3.05) is 39.8 Å². The van der Waals surface area contributed by atoms with Gasteiger partial charge in [-0.3, -0.25) is 9.79 Å². The molecule has 0 bridgehead atoms. The topological polar surface area (TPSA) is 61.1 Å². The minimum absolute atomic E-state index is 0.0337. The van der Waals surface area contributed by atoms with Gasteiger partial charge in [0.1, 0.15) is 0 Å². The van der Waals surface area contributed by atoms with Crippen molar-refractivity contribution in [1.29, 1.82) is 0 Å². The standard InChI is InChI=1S/C15H24N4O2/c1-3-4-7-17-15(16-2)19-10-8-18(9-11-19)14(20)13-6-5-12-21-13/h5-6,12H,3-4,7-11H2,1-2H3,(H,16,17). The van der Waals surface area contributed by atoms with E-state index in [9.17, 15) is 4.79 Å². The van der Waals surface area contributed by atoms with Crippen LogP contribution in [0.25, 0.3) is 0 Å². The monoisotopic (exact) mass is 292 g/mol. The summed E-state index contributed by atoms with van der Waals surface area (Å²) in [6, 6.07) is 3.45. The molecule has 116 valence electrons. The van der Waals surface area contributed by atoms with E-state index in [1.54, 1.807) is 19.2 Å². The second-order valence-corrected chi connectivity index (χ2v) is 5.08. The fraction of sp³-hybridized carbons (Fsp3) is 0.600. The van der Waals surface area contributed by atoms with Crippen LogP contribution in [0.2, 0.25) is 0 Å². The zero-order chi connectivity index (χ0) is 15.1. The molecule has 0 radical (unpaired) electrons. The van der Waals surface area contributed by atoms with Crippen molar-refractivity contribution >= 4 is 11.9 Å². The Bertz CT molecular complexity index is 462. The molecule has 0 saturated carbocycles. The molecule has 1 fully saturated rings. The highest BCUT2D eigenvalue weighted by Crippen LogP contribution is 2.09. The van der Waals surface area contributed by atoms with E-state index in [1.165, 1.54) is 6.26 Å². The van der Waals surface area contributed by atoms with Gasteiger partial charge in [0.25, 0.3) is 5.91 Å². The van der Waals surface area contributed by atoms with Crippen molar-refractivity contribution in [3.05, 3.63) is 24.2 Å². The average molecular weight is 292 g/mol. The van der Waals surface area contributed by atoms with Crippen molar-refractivity contribution in [2.24, 2.45) is 4.99 Å². The van der Waals surface area contributed by atoms with E-state index in [0.29, 0.717) is 18.8 Å². The molecule has 0 atom stereocenters. The summed E-state index contributed by atoms with van der Waals surface area (Å²) < 4.78 is 5.17. The second kappa shape index (κ2) is 7.71. The molecule has 0 aromatic carbocycles. The van der Waals surface area contributed by atoms with Gasteiger partial charge in [-0.2, -0.15) is 0 Å². The third-order valence-electron chi connectivity index (χ3n) is 3.62. The number of guanidine groups is 1. The molecule has 1 aliphatic rings. The lowest BCUT2D eigenvalue weighted by molar-refractivity contribution is 0.0658. The molecule has 1 aromatic rings. The van der Waals surface area contributed by atoms with Gasteiger partial charge in [-0.15, -0.1) is 0 Å². The summed E-state index contributed by atoms with van der Waals surface area (Å²) in [5, 5.41) is 3.37. The number of hydrogen-bond donors (Lipinski definition) is 1. The summed E-state index contributed by atoms with van der Waals surface area (Å²) >= 11 is 0. The van der Waals surface area contributed by atoms with E-state index in [2.05, 4.69) is 22.1 Å². The fourth-order valence-electron chi connectivity index (χ4n) is 2.39. The molecule has 1 saturated heterocycles. The Hall–Kier alpha value is -1.98. The van der Waals surface area contributed by atoms with E-state index in [4.69, 9.17) is 4.42 Å². The van der Waals surface area contributed by atoms with Gasteiger partial charge < -0.3 is 19.5 Å². The fourth-order valence-corrected chi connectivity index (χ4v) is 2.39. The molecule has 0 unspecified atom stereocenters.